The van der Waals surface area contributed by atoms with E-state index < -0.39 is 0 Å². The first-order valence-corrected chi connectivity index (χ1v) is 10.9. The van der Waals surface area contributed by atoms with Gasteiger partial charge in [0.05, 0.1) is 11.4 Å². The molecule has 0 aliphatic heterocycles. The second kappa shape index (κ2) is 10.0. The van der Waals surface area contributed by atoms with Gasteiger partial charge in [0, 0.05) is 11.3 Å². The lowest BCUT2D eigenvalue weighted by atomic mass is 9.98. The smallest absolute Gasteiger partial charge is 0.268 e. The van der Waals surface area contributed by atoms with E-state index in [0.29, 0.717) is 23.4 Å². The van der Waals surface area contributed by atoms with Crippen LogP contribution < -0.4 is 5.56 Å². The molecule has 5 nitrogen and oxygen atoms in total. The molecule has 1 aromatic heterocycles. The number of aromatic nitrogens is 1. The average Bonchev–Trinajstić information content (AvgIpc) is 2.85. The van der Waals surface area contributed by atoms with Crippen LogP contribution in [0.3, 0.4) is 0 Å². The summed E-state index contributed by atoms with van der Waals surface area (Å²) in [6.07, 6.45) is 0.536. The predicted molar refractivity (Wildman–Crippen MR) is 132 cm³/mol. The van der Waals surface area contributed by atoms with E-state index in [0.717, 1.165) is 16.8 Å². The van der Waals surface area contributed by atoms with Crippen molar-refractivity contribution in [2.75, 3.05) is 0 Å². The van der Waals surface area contributed by atoms with Crippen molar-refractivity contribution in [1.29, 1.82) is 0 Å². The largest absolute Gasteiger partial charge is 0.507 e. The maximum absolute atomic E-state index is 13.8. The molecule has 33 heavy (non-hydrogen) atoms. The van der Waals surface area contributed by atoms with Crippen LogP contribution in [0.1, 0.15) is 30.5 Å². The van der Waals surface area contributed by atoms with Gasteiger partial charge in [0.1, 0.15) is 17.9 Å². The summed E-state index contributed by atoms with van der Waals surface area (Å²) in [6.45, 7) is 3.91. The van der Waals surface area contributed by atoms with Crippen molar-refractivity contribution >= 4 is 5.71 Å². The third kappa shape index (κ3) is 4.58. The number of benzene rings is 3. The molecule has 0 aliphatic rings. The first-order chi connectivity index (χ1) is 16.1. The second-order valence-corrected chi connectivity index (χ2v) is 7.68. The first kappa shape index (κ1) is 22.1. The number of aromatic hydroxyl groups is 1. The summed E-state index contributed by atoms with van der Waals surface area (Å²) in [5.41, 5.74) is 4.01. The molecule has 0 spiro atoms. The van der Waals surface area contributed by atoms with Crippen LogP contribution in [0, 0.1) is 0 Å². The van der Waals surface area contributed by atoms with Gasteiger partial charge in [-0.15, -0.1) is 0 Å². The Kier molecular flexibility index (Phi) is 6.69. The van der Waals surface area contributed by atoms with Crippen molar-refractivity contribution in [1.82, 2.24) is 4.57 Å². The van der Waals surface area contributed by atoms with Crippen LogP contribution in [-0.4, -0.2) is 15.4 Å². The van der Waals surface area contributed by atoms with Gasteiger partial charge in [0.25, 0.3) is 5.56 Å². The number of rotatable bonds is 7. The Morgan fingerprint density at radius 2 is 1.48 bits per heavy atom. The molecule has 4 rings (SSSR count). The van der Waals surface area contributed by atoms with Crippen molar-refractivity contribution in [3.63, 3.8) is 0 Å². The van der Waals surface area contributed by atoms with E-state index >= 15 is 0 Å². The number of pyridine rings is 1. The fourth-order valence-electron chi connectivity index (χ4n) is 3.92. The summed E-state index contributed by atoms with van der Waals surface area (Å²) >= 11 is 0. The molecule has 5 heteroatoms. The van der Waals surface area contributed by atoms with E-state index in [9.17, 15) is 9.90 Å². The summed E-state index contributed by atoms with van der Waals surface area (Å²) in [4.78, 5) is 19.3. The monoisotopic (exact) mass is 438 g/mol. The van der Waals surface area contributed by atoms with Crippen molar-refractivity contribution < 1.29 is 9.94 Å². The molecule has 0 bridgehead atoms. The lowest BCUT2D eigenvalue weighted by molar-refractivity contribution is 0.130. The maximum Gasteiger partial charge on any atom is 0.268 e. The summed E-state index contributed by atoms with van der Waals surface area (Å²) < 4.78 is 1.65. The summed E-state index contributed by atoms with van der Waals surface area (Å²) in [6, 6.07) is 28.8. The van der Waals surface area contributed by atoms with Crippen LogP contribution in [-0.2, 0) is 17.9 Å². The normalized spacial score (nSPS) is 11.4. The van der Waals surface area contributed by atoms with Gasteiger partial charge < -0.3 is 9.94 Å². The van der Waals surface area contributed by atoms with E-state index in [1.807, 2.05) is 97.9 Å². The van der Waals surface area contributed by atoms with Gasteiger partial charge in [0.15, 0.2) is 0 Å². The van der Waals surface area contributed by atoms with Gasteiger partial charge in [0.2, 0.25) is 0 Å². The summed E-state index contributed by atoms with van der Waals surface area (Å²) in [5, 5.41) is 15.4. The van der Waals surface area contributed by atoms with Crippen LogP contribution in [0.4, 0.5) is 0 Å². The van der Waals surface area contributed by atoms with Gasteiger partial charge in [-0.1, -0.05) is 90.9 Å². The number of hydrogen-bond acceptors (Lipinski definition) is 4. The Morgan fingerprint density at radius 3 is 2.09 bits per heavy atom. The molecule has 0 unspecified atom stereocenters. The van der Waals surface area contributed by atoms with Crippen LogP contribution >= 0.6 is 0 Å². The molecular formula is C28H26N2O3. The van der Waals surface area contributed by atoms with E-state index in [1.165, 1.54) is 0 Å². The van der Waals surface area contributed by atoms with Crippen LogP contribution in [0.2, 0.25) is 0 Å². The van der Waals surface area contributed by atoms with Gasteiger partial charge in [-0.05, 0) is 36.6 Å². The van der Waals surface area contributed by atoms with E-state index in [2.05, 4.69) is 5.16 Å². The topological polar surface area (TPSA) is 63.8 Å². The number of hydrogen-bond donors (Lipinski definition) is 1. The highest BCUT2D eigenvalue weighted by molar-refractivity contribution is 6.01. The highest BCUT2D eigenvalue weighted by Gasteiger charge is 2.24. The third-order valence-electron chi connectivity index (χ3n) is 5.50. The Hall–Kier alpha value is -4.12. The highest BCUT2D eigenvalue weighted by Crippen LogP contribution is 2.33. The van der Waals surface area contributed by atoms with Crippen molar-refractivity contribution in [3.8, 4) is 22.7 Å². The van der Waals surface area contributed by atoms with Crippen LogP contribution in [0.25, 0.3) is 16.9 Å². The zero-order chi connectivity index (χ0) is 23.2. The summed E-state index contributed by atoms with van der Waals surface area (Å²) in [5.74, 6) is -0.0573. The quantitative estimate of drug-likeness (QED) is 0.297. The fraction of sp³-hybridized carbons (Fsp3) is 0.143. The predicted octanol–water partition coefficient (Wildman–Crippen LogP) is 5.71. The third-order valence-corrected chi connectivity index (χ3v) is 5.50. The zero-order valence-corrected chi connectivity index (χ0v) is 18.7. The second-order valence-electron chi connectivity index (χ2n) is 7.68. The maximum atomic E-state index is 13.8. The molecule has 0 atom stereocenters. The minimum atomic E-state index is -0.348. The first-order valence-electron chi connectivity index (χ1n) is 10.9. The number of oxime groups is 1. The highest BCUT2D eigenvalue weighted by atomic mass is 16.6. The molecule has 0 aliphatic carbocycles. The Labute approximate surface area is 193 Å². The Morgan fingerprint density at radius 1 is 0.909 bits per heavy atom. The van der Waals surface area contributed by atoms with Gasteiger partial charge in [-0.3, -0.25) is 9.36 Å². The molecule has 0 amide bonds. The fourth-order valence-corrected chi connectivity index (χ4v) is 3.92. The van der Waals surface area contributed by atoms with Crippen LogP contribution in [0.5, 0.6) is 5.75 Å². The molecule has 0 fully saturated rings. The molecule has 0 saturated heterocycles. The van der Waals surface area contributed by atoms with Crippen molar-refractivity contribution in [2.45, 2.75) is 26.9 Å². The minimum absolute atomic E-state index is 0.0573. The van der Waals surface area contributed by atoms with Crippen molar-refractivity contribution in [2.24, 2.45) is 5.16 Å². The molecule has 3 aromatic carbocycles. The molecule has 1 N–H and O–H groups in total. The standard InChI is InChI=1S/C28H26N2O3/c1-3-24-26(22-15-9-5-10-16-22)30(23-17-11-6-12-18-23)28(32)25(27(24)31)20(2)29-33-19-21-13-7-4-8-14-21/h4-18,31H,3,19H2,1-2H3/b29-20-. The number of nitrogens with zero attached hydrogens (tertiary/aromatic N) is 2. The number of para-hydroxylation sites is 1. The SMILES string of the molecule is CCc1c(O)c(/C(C)=N\OCc2ccccc2)c(=O)n(-c2ccccc2)c1-c1ccccc1. The molecule has 0 radical (unpaired) electrons. The average molecular weight is 439 g/mol. The van der Waals surface area contributed by atoms with Gasteiger partial charge in [-0.25, -0.2) is 0 Å². The lowest BCUT2D eigenvalue weighted by Gasteiger charge is -2.20. The molecule has 1 heterocycles. The zero-order valence-electron chi connectivity index (χ0n) is 18.7. The Bertz CT molecular complexity index is 1310. The molecule has 0 saturated carbocycles. The molecular weight excluding hydrogens is 412 g/mol. The Balaban J connectivity index is 1.89. The minimum Gasteiger partial charge on any atom is -0.507 e. The van der Waals surface area contributed by atoms with Crippen LogP contribution in [0.15, 0.2) is 101 Å². The van der Waals surface area contributed by atoms with E-state index in [4.69, 9.17) is 4.84 Å². The van der Waals surface area contributed by atoms with Crippen molar-refractivity contribution in [3.05, 3.63) is 118 Å². The molecule has 166 valence electrons. The molecule has 4 aromatic rings. The van der Waals surface area contributed by atoms with Gasteiger partial charge in [-0.2, -0.15) is 0 Å². The lowest BCUT2D eigenvalue weighted by Crippen LogP contribution is -2.28. The summed E-state index contributed by atoms with van der Waals surface area (Å²) in [7, 11) is 0. The van der Waals surface area contributed by atoms with E-state index in [1.54, 1.807) is 11.5 Å². The van der Waals surface area contributed by atoms with Gasteiger partial charge >= 0.3 is 0 Å². The van der Waals surface area contributed by atoms with E-state index in [-0.39, 0.29) is 23.5 Å².